The second-order valence-corrected chi connectivity index (χ2v) is 5.79. The van der Waals surface area contributed by atoms with Crippen LogP contribution >= 0.6 is 0 Å². The van der Waals surface area contributed by atoms with Crippen LogP contribution in [0.2, 0.25) is 0 Å². The first-order valence-corrected chi connectivity index (χ1v) is 7.17. The van der Waals surface area contributed by atoms with Crippen LogP contribution in [0.1, 0.15) is 18.7 Å². The molecule has 2 aromatic rings. The number of hydrogen-bond acceptors (Lipinski definition) is 5. The summed E-state index contributed by atoms with van der Waals surface area (Å²) in [5, 5.41) is 2.17. The van der Waals surface area contributed by atoms with Gasteiger partial charge in [-0.3, -0.25) is 24.3 Å². The van der Waals surface area contributed by atoms with Crippen LogP contribution in [0.3, 0.4) is 0 Å². The minimum absolute atomic E-state index is 0.00547. The van der Waals surface area contributed by atoms with Crippen LogP contribution in [0.4, 0.5) is 5.69 Å². The second-order valence-electron chi connectivity index (χ2n) is 5.79. The maximum absolute atomic E-state index is 13.0. The number of nitrogens with one attached hydrogen (secondary N) is 1. The van der Waals surface area contributed by atoms with Gasteiger partial charge in [0, 0.05) is 12.1 Å². The molecule has 1 aromatic heterocycles. The van der Waals surface area contributed by atoms with E-state index in [0.29, 0.717) is 0 Å². The predicted octanol–water partition coefficient (Wildman–Crippen LogP) is -2.87. The lowest BCUT2D eigenvalue weighted by atomic mass is 9.70. The Kier molecular flexibility index (Phi) is 3.58. The van der Waals surface area contributed by atoms with Crippen LogP contribution in [0, 0.1) is 6.92 Å². The third-order valence-corrected chi connectivity index (χ3v) is 4.22. The van der Waals surface area contributed by atoms with Gasteiger partial charge in [0.05, 0.1) is 16.3 Å². The molecule has 0 bridgehead atoms. The van der Waals surface area contributed by atoms with E-state index in [9.17, 15) is 14.4 Å². The average molecular weight is 316 g/mol. The first kappa shape index (κ1) is 16.4. The van der Waals surface area contributed by atoms with E-state index in [2.05, 4.69) is 10.3 Å². The lowest BCUT2D eigenvalue weighted by molar-refractivity contribution is -0.137. The van der Waals surface area contributed by atoms with Crippen LogP contribution in [0.25, 0.3) is 10.9 Å². The number of nitrogens with zero attached hydrogens (tertiary/aromatic N) is 2. The van der Waals surface area contributed by atoms with Gasteiger partial charge in [0.1, 0.15) is 29.4 Å². The van der Waals surface area contributed by atoms with Crippen LogP contribution in [0.5, 0.6) is 0 Å². The minimum atomic E-state index is -1.74. The van der Waals surface area contributed by atoms with Crippen LogP contribution in [0.15, 0.2) is 10.9 Å². The number of carbonyl (C=O) groups excluding carboxylic acids is 2. The fourth-order valence-corrected chi connectivity index (χ4v) is 2.92. The highest BCUT2D eigenvalue weighted by Crippen LogP contribution is 2.24. The summed E-state index contributed by atoms with van der Waals surface area (Å²) in [7, 11) is 17.7. The van der Waals surface area contributed by atoms with Gasteiger partial charge in [-0.25, -0.2) is 4.98 Å². The van der Waals surface area contributed by atoms with E-state index in [0.717, 1.165) is 4.57 Å². The molecule has 0 aliphatic carbocycles. The normalized spacial score (nSPS) is 21.0. The smallest absolute Gasteiger partial charge is 0.263 e. The summed E-state index contributed by atoms with van der Waals surface area (Å²) in [6, 6.07) is 1.44. The van der Waals surface area contributed by atoms with Gasteiger partial charge >= 0.3 is 0 Å². The monoisotopic (exact) mass is 316 g/mol. The molecule has 1 aliphatic rings. The van der Waals surface area contributed by atoms with Gasteiger partial charge in [0.15, 0.2) is 0 Å². The van der Waals surface area contributed by atoms with Crippen molar-refractivity contribution in [1.29, 1.82) is 0 Å². The maximum Gasteiger partial charge on any atom is 0.263 e. The van der Waals surface area contributed by atoms with Crippen molar-refractivity contribution in [2.24, 2.45) is 0 Å². The highest BCUT2D eigenvalue weighted by molar-refractivity contribution is 6.52. The third-order valence-electron chi connectivity index (χ3n) is 4.22. The van der Waals surface area contributed by atoms with Gasteiger partial charge in [-0.2, -0.15) is 0 Å². The number of fused-ring (bicyclic) bond motifs is 1. The molecule has 10 heteroatoms. The van der Waals surface area contributed by atoms with E-state index in [-0.39, 0.29) is 46.2 Å². The highest BCUT2D eigenvalue weighted by Gasteiger charge is 2.41. The number of anilines is 1. The van der Waals surface area contributed by atoms with Crippen molar-refractivity contribution < 1.29 is 9.59 Å². The van der Waals surface area contributed by atoms with Gasteiger partial charge in [-0.1, -0.05) is 10.9 Å². The molecule has 7 nitrogen and oxygen atoms in total. The Morgan fingerprint density at radius 2 is 2.00 bits per heavy atom. The minimum Gasteiger partial charge on any atom is -0.399 e. The quantitative estimate of drug-likeness (QED) is 0.334. The van der Waals surface area contributed by atoms with Crippen molar-refractivity contribution in [3.8, 4) is 0 Å². The molecule has 1 aromatic carbocycles. The van der Waals surface area contributed by atoms with Gasteiger partial charge in [-0.05, 0) is 19.4 Å². The predicted molar refractivity (Wildman–Crippen MR) is 92.0 cm³/mol. The molecular weight excluding hydrogens is 305 g/mol. The van der Waals surface area contributed by atoms with E-state index >= 15 is 0 Å². The number of nitrogens with two attached hydrogens (primary N) is 1. The van der Waals surface area contributed by atoms with Crippen LogP contribution < -0.4 is 27.5 Å². The van der Waals surface area contributed by atoms with E-state index in [4.69, 9.17) is 29.3 Å². The Bertz CT molecular complexity index is 972. The zero-order chi connectivity index (χ0) is 17.8. The van der Waals surface area contributed by atoms with E-state index in [1.54, 1.807) is 0 Å². The summed E-state index contributed by atoms with van der Waals surface area (Å²) >= 11 is 0. The lowest BCUT2D eigenvalue weighted by Gasteiger charge is -2.35. The van der Waals surface area contributed by atoms with Crippen molar-refractivity contribution in [2.75, 3.05) is 5.73 Å². The summed E-state index contributed by atoms with van der Waals surface area (Å²) in [6.07, 6.45) is -0.0263. The SMILES string of the molecule is [B]c1cc2nc(C)n(C3([B])CCC(=O)NC3=O)c(=O)c2c(N)c1[B]. The Morgan fingerprint density at radius 1 is 1.33 bits per heavy atom. The molecule has 2 heterocycles. The molecule has 114 valence electrons. The number of aromatic nitrogens is 2. The largest absolute Gasteiger partial charge is 0.399 e. The van der Waals surface area contributed by atoms with E-state index in [1.165, 1.54) is 13.0 Å². The first-order chi connectivity index (χ1) is 11.2. The molecule has 1 aliphatic heterocycles. The highest BCUT2D eigenvalue weighted by atomic mass is 16.2. The molecule has 0 saturated carbocycles. The number of piperidine rings is 1. The molecule has 3 rings (SSSR count). The standard InChI is InChI=1S/C14H11B3N4O3/c1-5-19-7-4-6(15)10(16)11(18)9(7)12(23)21(5)14(17)3-2-8(22)20-13(14)24/h4H,2-3,18H2,1H3,(H,20,22,24). The summed E-state index contributed by atoms with van der Waals surface area (Å²) in [4.78, 5) is 40.9. The molecule has 6 radical (unpaired) electrons. The Morgan fingerprint density at radius 3 is 2.62 bits per heavy atom. The van der Waals surface area contributed by atoms with Gasteiger partial charge in [-0.15, -0.1) is 0 Å². The number of amides is 2. The zero-order valence-electron chi connectivity index (χ0n) is 12.9. The molecule has 1 unspecified atom stereocenters. The average Bonchev–Trinajstić information content (AvgIpc) is 2.49. The summed E-state index contributed by atoms with van der Waals surface area (Å²) in [5.41, 5.74) is 4.06. The first-order valence-electron chi connectivity index (χ1n) is 7.17. The Labute approximate surface area is 141 Å². The molecule has 0 spiro atoms. The fourth-order valence-electron chi connectivity index (χ4n) is 2.92. The molecule has 2 amide bonds. The molecule has 24 heavy (non-hydrogen) atoms. The fraction of sp³-hybridized carbons (Fsp3) is 0.286. The van der Waals surface area contributed by atoms with Crippen LogP contribution in [-0.2, 0) is 15.0 Å². The zero-order valence-corrected chi connectivity index (χ0v) is 12.9. The molecule has 1 fully saturated rings. The van der Waals surface area contributed by atoms with Gasteiger partial charge < -0.3 is 5.73 Å². The van der Waals surface area contributed by atoms with Gasteiger partial charge in [0.25, 0.3) is 5.56 Å². The topological polar surface area (TPSA) is 107 Å². The van der Waals surface area contributed by atoms with Crippen molar-refractivity contribution in [2.45, 2.75) is 25.2 Å². The van der Waals surface area contributed by atoms with Crippen molar-refractivity contribution in [1.82, 2.24) is 14.9 Å². The summed E-state index contributed by atoms with van der Waals surface area (Å²) in [6.45, 7) is 1.53. The van der Waals surface area contributed by atoms with Crippen molar-refractivity contribution in [3.05, 3.63) is 22.2 Å². The van der Waals surface area contributed by atoms with Crippen LogP contribution in [-0.4, -0.2) is 44.9 Å². The molecule has 1 saturated heterocycles. The summed E-state index contributed by atoms with van der Waals surface area (Å²) < 4.78 is 1.04. The number of imide groups is 1. The van der Waals surface area contributed by atoms with Crippen molar-refractivity contribution >= 4 is 62.9 Å². The lowest BCUT2D eigenvalue weighted by Crippen LogP contribution is -2.58. The number of nitrogen functional groups attached to an aromatic ring is 1. The van der Waals surface area contributed by atoms with E-state index < -0.39 is 22.8 Å². The Balaban J connectivity index is 2.36. The Hall–Kier alpha value is -2.51. The number of hydrogen-bond donors (Lipinski definition) is 2. The molecule has 1 atom stereocenters. The maximum atomic E-state index is 13.0. The number of carbonyl (C=O) groups is 2. The number of rotatable bonds is 1. The van der Waals surface area contributed by atoms with Crippen molar-refractivity contribution in [3.63, 3.8) is 0 Å². The number of aryl methyl sites for hydroxylation is 1. The number of benzene rings is 1. The third kappa shape index (κ3) is 2.17. The molecular formula is C14H11B3N4O3. The molecule has 3 N–H and O–H groups in total. The summed E-state index contributed by atoms with van der Waals surface area (Å²) in [5.74, 6) is -1.02. The van der Waals surface area contributed by atoms with Gasteiger partial charge in [0.2, 0.25) is 11.8 Å². The van der Waals surface area contributed by atoms with E-state index in [1.807, 2.05) is 0 Å². The second kappa shape index (κ2) is 5.26.